The summed E-state index contributed by atoms with van der Waals surface area (Å²) in [6.07, 6.45) is 5.07. The van der Waals surface area contributed by atoms with Gasteiger partial charge < -0.3 is 19.4 Å². The summed E-state index contributed by atoms with van der Waals surface area (Å²) >= 11 is 0. The van der Waals surface area contributed by atoms with E-state index in [1.165, 1.54) is 25.7 Å². The molecule has 0 aromatic carbocycles. The molecule has 0 aliphatic heterocycles. The zero-order chi connectivity index (χ0) is 15.1. The molecule has 1 aromatic rings. The van der Waals surface area contributed by atoms with Crippen molar-refractivity contribution < 1.29 is 9.15 Å². The lowest BCUT2D eigenvalue weighted by Crippen LogP contribution is -2.36. The summed E-state index contributed by atoms with van der Waals surface area (Å²) in [7, 11) is 1.69. The minimum Gasteiger partial charge on any atom is -0.407 e. The average Bonchev–Trinajstić information content (AvgIpc) is 3.12. The number of hydrogen-bond acceptors (Lipinski definition) is 6. The Morgan fingerprint density at radius 2 is 2.10 bits per heavy atom. The van der Waals surface area contributed by atoms with Crippen molar-refractivity contribution in [3.8, 4) is 0 Å². The van der Waals surface area contributed by atoms with Crippen LogP contribution in [0.15, 0.2) is 4.42 Å². The van der Waals surface area contributed by atoms with E-state index in [2.05, 4.69) is 34.3 Å². The lowest BCUT2D eigenvalue weighted by Gasteiger charge is -2.28. The second-order valence-electron chi connectivity index (χ2n) is 6.13. The van der Waals surface area contributed by atoms with Crippen molar-refractivity contribution in [1.29, 1.82) is 0 Å². The monoisotopic (exact) mass is 296 g/mol. The fraction of sp³-hybridized carbons (Fsp3) is 0.867. The minimum atomic E-state index is 0.558. The molecular formula is C15H28N4O2. The third-order valence-corrected chi connectivity index (χ3v) is 3.79. The first-order chi connectivity index (χ1) is 10.2. The molecule has 21 heavy (non-hydrogen) atoms. The van der Waals surface area contributed by atoms with Crippen LogP contribution in [-0.2, 0) is 11.3 Å². The summed E-state index contributed by atoms with van der Waals surface area (Å²) < 4.78 is 10.8. The molecule has 6 heteroatoms. The zero-order valence-corrected chi connectivity index (χ0v) is 13.5. The van der Waals surface area contributed by atoms with Gasteiger partial charge in [-0.05, 0) is 18.8 Å². The number of hydrogen-bond donors (Lipinski definition) is 1. The first kappa shape index (κ1) is 16.2. The summed E-state index contributed by atoms with van der Waals surface area (Å²) in [5.74, 6) is 1.23. The fourth-order valence-electron chi connectivity index (χ4n) is 2.79. The first-order valence-corrected chi connectivity index (χ1v) is 7.99. The molecular weight excluding hydrogens is 268 g/mol. The highest BCUT2D eigenvalue weighted by molar-refractivity contribution is 5.27. The zero-order valence-electron chi connectivity index (χ0n) is 13.5. The predicted octanol–water partition coefficient (Wildman–Crippen LogP) is 2.21. The van der Waals surface area contributed by atoms with Crippen LogP contribution >= 0.6 is 0 Å². The Kier molecular flexibility index (Phi) is 6.45. The number of methoxy groups -OCH3 is 1. The Morgan fingerprint density at radius 1 is 1.33 bits per heavy atom. The van der Waals surface area contributed by atoms with Gasteiger partial charge in [-0.2, -0.15) is 0 Å². The van der Waals surface area contributed by atoms with E-state index in [0.717, 1.165) is 13.1 Å². The quantitative estimate of drug-likeness (QED) is 0.705. The molecule has 1 aliphatic carbocycles. The Balaban J connectivity index is 1.94. The SMILES string of the molecule is COCCNCc1nnc(N(CC(C)C)C2CCCC2)o1. The van der Waals surface area contributed by atoms with E-state index in [-0.39, 0.29) is 0 Å². The molecule has 2 rings (SSSR count). The molecule has 0 bridgehead atoms. The van der Waals surface area contributed by atoms with Gasteiger partial charge in [0.05, 0.1) is 13.2 Å². The normalized spacial score (nSPS) is 16.0. The van der Waals surface area contributed by atoms with Crippen molar-refractivity contribution in [3.05, 3.63) is 5.89 Å². The van der Waals surface area contributed by atoms with E-state index < -0.39 is 0 Å². The predicted molar refractivity (Wildman–Crippen MR) is 82.3 cm³/mol. The number of ether oxygens (including phenoxy) is 1. The molecule has 0 amide bonds. The number of nitrogens with zero attached hydrogens (tertiary/aromatic N) is 3. The Morgan fingerprint density at radius 3 is 2.76 bits per heavy atom. The highest BCUT2D eigenvalue weighted by atomic mass is 16.5. The van der Waals surface area contributed by atoms with Gasteiger partial charge in [-0.3, -0.25) is 0 Å². The van der Waals surface area contributed by atoms with E-state index in [1.807, 2.05) is 0 Å². The van der Waals surface area contributed by atoms with Gasteiger partial charge in [0.15, 0.2) is 0 Å². The molecule has 1 aromatic heterocycles. The second-order valence-corrected chi connectivity index (χ2v) is 6.13. The van der Waals surface area contributed by atoms with E-state index >= 15 is 0 Å². The van der Waals surface area contributed by atoms with Crippen molar-refractivity contribution >= 4 is 6.01 Å². The molecule has 6 nitrogen and oxygen atoms in total. The van der Waals surface area contributed by atoms with Crippen molar-refractivity contribution in [2.75, 3.05) is 31.7 Å². The molecule has 0 saturated heterocycles. The smallest absolute Gasteiger partial charge is 0.318 e. The summed E-state index contributed by atoms with van der Waals surface area (Å²) in [4.78, 5) is 2.31. The van der Waals surface area contributed by atoms with Gasteiger partial charge in [0.25, 0.3) is 0 Å². The molecule has 1 saturated carbocycles. The maximum absolute atomic E-state index is 5.84. The lowest BCUT2D eigenvalue weighted by atomic mass is 10.1. The van der Waals surface area contributed by atoms with Gasteiger partial charge in [-0.25, -0.2) is 0 Å². The number of rotatable bonds is 9. The maximum Gasteiger partial charge on any atom is 0.318 e. The van der Waals surface area contributed by atoms with Crippen LogP contribution in [0.4, 0.5) is 6.01 Å². The molecule has 1 aliphatic rings. The minimum absolute atomic E-state index is 0.558. The van der Waals surface area contributed by atoms with Crippen LogP contribution in [-0.4, -0.2) is 43.0 Å². The molecule has 120 valence electrons. The van der Waals surface area contributed by atoms with E-state index in [4.69, 9.17) is 9.15 Å². The number of nitrogens with one attached hydrogen (secondary N) is 1. The van der Waals surface area contributed by atoms with Gasteiger partial charge in [0.1, 0.15) is 0 Å². The highest BCUT2D eigenvalue weighted by Crippen LogP contribution is 2.28. The Bertz CT molecular complexity index is 402. The largest absolute Gasteiger partial charge is 0.407 e. The van der Waals surface area contributed by atoms with E-state index in [9.17, 15) is 0 Å². The van der Waals surface area contributed by atoms with Gasteiger partial charge in [0, 0.05) is 26.2 Å². The van der Waals surface area contributed by atoms with Crippen molar-refractivity contribution in [2.24, 2.45) is 5.92 Å². The van der Waals surface area contributed by atoms with Crippen LogP contribution in [0.3, 0.4) is 0 Å². The molecule has 0 atom stereocenters. The summed E-state index contributed by atoms with van der Waals surface area (Å²) in [6.45, 7) is 7.49. The standard InChI is InChI=1S/C15H28N4O2/c1-12(2)11-19(13-6-4-5-7-13)15-18-17-14(21-15)10-16-8-9-20-3/h12-13,16H,4-11H2,1-3H3. The average molecular weight is 296 g/mol. The Hall–Kier alpha value is -1.14. The molecule has 0 unspecified atom stereocenters. The fourth-order valence-corrected chi connectivity index (χ4v) is 2.79. The molecule has 1 N–H and O–H groups in total. The third kappa shape index (κ3) is 4.97. The van der Waals surface area contributed by atoms with E-state index in [1.54, 1.807) is 7.11 Å². The molecule has 0 radical (unpaired) electrons. The topological polar surface area (TPSA) is 63.4 Å². The summed E-state index contributed by atoms with van der Waals surface area (Å²) in [6, 6.07) is 1.24. The van der Waals surface area contributed by atoms with Crippen LogP contribution in [0.1, 0.15) is 45.4 Å². The number of anilines is 1. The van der Waals surface area contributed by atoms with E-state index in [0.29, 0.717) is 37.0 Å². The highest BCUT2D eigenvalue weighted by Gasteiger charge is 2.27. The summed E-state index contributed by atoms with van der Waals surface area (Å²) in [5, 5.41) is 11.6. The lowest BCUT2D eigenvalue weighted by molar-refractivity contribution is 0.198. The van der Waals surface area contributed by atoms with Crippen LogP contribution in [0, 0.1) is 5.92 Å². The molecule has 1 fully saturated rings. The molecule has 0 spiro atoms. The molecule has 1 heterocycles. The maximum atomic E-state index is 5.84. The number of aromatic nitrogens is 2. The van der Waals surface area contributed by atoms with Gasteiger partial charge in [0.2, 0.25) is 5.89 Å². The first-order valence-electron chi connectivity index (χ1n) is 7.99. The Labute approximate surface area is 127 Å². The van der Waals surface area contributed by atoms with Crippen LogP contribution in [0.25, 0.3) is 0 Å². The van der Waals surface area contributed by atoms with Crippen molar-refractivity contribution in [1.82, 2.24) is 15.5 Å². The van der Waals surface area contributed by atoms with Crippen molar-refractivity contribution in [2.45, 2.75) is 52.1 Å². The summed E-state index contributed by atoms with van der Waals surface area (Å²) in [5.41, 5.74) is 0. The third-order valence-electron chi connectivity index (χ3n) is 3.79. The van der Waals surface area contributed by atoms with Crippen LogP contribution < -0.4 is 10.2 Å². The van der Waals surface area contributed by atoms with Gasteiger partial charge in [-0.15, -0.1) is 5.10 Å². The van der Waals surface area contributed by atoms with Crippen molar-refractivity contribution in [3.63, 3.8) is 0 Å². The van der Waals surface area contributed by atoms with Gasteiger partial charge >= 0.3 is 6.01 Å². The van der Waals surface area contributed by atoms with Crippen LogP contribution in [0.2, 0.25) is 0 Å². The van der Waals surface area contributed by atoms with Crippen LogP contribution in [0.5, 0.6) is 0 Å². The van der Waals surface area contributed by atoms with Gasteiger partial charge in [-0.1, -0.05) is 31.8 Å². The second kappa shape index (κ2) is 8.34.